The molecule has 170 valence electrons. The molecule has 34 heavy (non-hydrogen) atoms. The van der Waals surface area contributed by atoms with Crippen LogP contribution in [0.1, 0.15) is 24.1 Å². The van der Waals surface area contributed by atoms with Gasteiger partial charge in [-0.25, -0.2) is 4.98 Å². The Balaban J connectivity index is 1.70. The highest BCUT2D eigenvalue weighted by molar-refractivity contribution is 9.10. The van der Waals surface area contributed by atoms with Crippen LogP contribution in [0.3, 0.4) is 0 Å². The molecule has 0 saturated carbocycles. The van der Waals surface area contributed by atoms with Crippen molar-refractivity contribution in [3.8, 4) is 5.75 Å². The number of aromatic nitrogens is 1. The van der Waals surface area contributed by atoms with Gasteiger partial charge in [-0.05, 0) is 42.8 Å². The molecule has 2 heterocycles. The van der Waals surface area contributed by atoms with E-state index in [2.05, 4.69) is 20.9 Å². The smallest absolute Gasteiger partial charge is 0.301 e. The average Bonchev–Trinajstić information content (AvgIpc) is 3.37. The van der Waals surface area contributed by atoms with Crippen molar-refractivity contribution >= 4 is 60.1 Å². The summed E-state index contributed by atoms with van der Waals surface area (Å²) in [5, 5.41) is 11.5. The van der Waals surface area contributed by atoms with Crippen LogP contribution in [0.5, 0.6) is 5.75 Å². The van der Waals surface area contributed by atoms with Crippen LogP contribution in [0.25, 0.3) is 16.0 Å². The molecular formula is C26H19BrN2O4S. The first-order valence-electron chi connectivity index (χ1n) is 10.6. The summed E-state index contributed by atoms with van der Waals surface area (Å²) in [6.07, 6.45) is 0. The van der Waals surface area contributed by atoms with Gasteiger partial charge in [0.2, 0.25) is 0 Å². The second-order valence-corrected chi connectivity index (χ2v) is 9.57. The van der Waals surface area contributed by atoms with E-state index in [4.69, 9.17) is 4.74 Å². The number of ketones is 1. The van der Waals surface area contributed by atoms with Gasteiger partial charge >= 0.3 is 5.91 Å². The van der Waals surface area contributed by atoms with Gasteiger partial charge in [0.05, 0.1) is 28.4 Å². The SMILES string of the molecule is CCOc1ccc2nc(N3C(=O)C(=O)/C(=C(/O)c4ccccc4)C3c3cccc(Br)c3)sc2c1. The maximum Gasteiger partial charge on any atom is 0.301 e. The normalized spacial score (nSPS) is 17.5. The van der Waals surface area contributed by atoms with E-state index in [0.717, 1.165) is 9.17 Å². The summed E-state index contributed by atoms with van der Waals surface area (Å²) in [7, 11) is 0. The number of nitrogens with zero attached hydrogens (tertiary/aromatic N) is 2. The number of aliphatic hydroxyl groups is 1. The number of Topliss-reactive ketones (excluding diaryl/α,β-unsaturated/α-hetero) is 1. The molecule has 5 rings (SSSR count). The minimum atomic E-state index is -0.829. The van der Waals surface area contributed by atoms with Crippen LogP contribution in [0.2, 0.25) is 0 Å². The van der Waals surface area contributed by atoms with Crippen LogP contribution >= 0.6 is 27.3 Å². The van der Waals surface area contributed by atoms with Crippen LogP contribution in [-0.2, 0) is 9.59 Å². The molecule has 6 nitrogen and oxygen atoms in total. The lowest BCUT2D eigenvalue weighted by atomic mass is 9.95. The largest absolute Gasteiger partial charge is 0.507 e. The Hall–Kier alpha value is -3.49. The van der Waals surface area contributed by atoms with E-state index in [-0.39, 0.29) is 11.3 Å². The summed E-state index contributed by atoms with van der Waals surface area (Å²) in [5.41, 5.74) is 1.87. The number of amides is 1. The number of fused-ring (bicyclic) bond motifs is 1. The average molecular weight is 535 g/mol. The topological polar surface area (TPSA) is 79.7 Å². The van der Waals surface area contributed by atoms with Crippen molar-refractivity contribution in [1.82, 2.24) is 4.98 Å². The molecule has 1 atom stereocenters. The number of carbonyl (C=O) groups is 2. The summed E-state index contributed by atoms with van der Waals surface area (Å²) >= 11 is 4.77. The first kappa shape index (κ1) is 22.3. The predicted molar refractivity (Wildman–Crippen MR) is 136 cm³/mol. The number of hydrogen-bond acceptors (Lipinski definition) is 6. The number of hydrogen-bond donors (Lipinski definition) is 1. The molecule has 0 bridgehead atoms. The second-order valence-electron chi connectivity index (χ2n) is 7.65. The van der Waals surface area contributed by atoms with Crippen LogP contribution in [0.15, 0.2) is 82.8 Å². The molecule has 0 aliphatic carbocycles. The Bertz CT molecular complexity index is 1450. The molecular weight excluding hydrogens is 516 g/mol. The molecule has 4 aromatic rings. The summed E-state index contributed by atoms with van der Waals surface area (Å²) in [6.45, 7) is 2.45. The van der Waals surface area contributed by atoms with Crippen molar-refractivity contribution in [1.29, 1.82) is 0 Å². The Labute approximate surface area is 208 Å². The molecule has 1 saturated heterocycles. The van der Waals surface area contributed by atoms with Crippen molar-refractivity contribution in [2.24, 2.45) is 0 Å². The molecule has 1 aliphatic heterocycles. The first-order chi connectivity index (χ1) is 16.5. The van der Waals surface area contributed by atoms with Crippen molar-refractivity contribution in [3.63, 3.8) is 0 Å². The van der Waals surface area contributed by atoms with E-state index in [9.17, 15) is 14.7 Å². The van der Waals surface area contributed by atoms with Crippen LogP contribution < -0.4 is 9.64 Å². The van der Waals surface area contributed by atoms with Crippen LogP contribution in [-0.4, -0.2) is 28.4 Å². The lowest BCUT2D eigenvalue weighted by Crippen LogP contribution is -2.29. The maximum atomic E-state index is 13.3. The minimum Gasteiger partial charge on any atom is -0.507 e. The fraction of sp³-hybridized carbons (Fsp3) is 0.115. The number of benzene rings is 3. The highest BCUT2D eigenvalue weighted by Crippen LogP contribution is 2.45. The predicted octanol–water partition coefficient (Wildman–Crippen LogP) is 6.08. The minimum absolute atomic E-state index is 0.0311. The zero-order valence-electron chi connectivity index (χ0n) is 18.1. The Kier molecular flexibility index (Phi) is 5.93. The third-order valence-electron chi connectivity index (χ3n) is 5.52. The fourth-order valence-electron chi connectivity index (χ4n) is 4.03. The van der Waals surface area contributed by atoms with Gasteiger partial charge in [0.1, 0.15) is 11.5 Å². The van der Waals surface area contributed by atoms with E-state index in [1.54, 1.807) is 24.3 Å². The van der Waals surface area contributed by atoms with Crippen molar-refractivity contribution in [3.05, 3.63) is 94.0 Å². The van der Waals surface area contributed by atoms with E-state index < -0.39 is 17.7 Å². The second kappa shape index (κ2) is 9.04. The quantitative estimate of drug-likeness (QED) is 0.190. The molecule has 1 aromatic heterocycles. The van der Waals surface area contributed by atoms with Gasteiger partial charge in [-0.15, -0.1) is 0 Å². The van der Waals surface area contributed by atoms with E-state index in [1.165, 1.54) is 16.2 Å². The summed E-state index contributed by atoms with van der Waals surface area (Å²) in [6, 6.07) is 20.8. The summed E-state index contributed by atoms with van der Waals surface area (Å²) in [5.74, 6) is -0.988. The van der Waals surface area contributed by atoms with E-state index >= 15 is 0 Å². The van der Waals surface area contributed by atoms with Crippen LogP contribution in [0, 0.1) is 0 Å². The Morgan fingerprint density at radius 3 is 2.62 bits per heavy atom. The molecule has 0 spiro atoms. The molecule has 3 aromatic carbocycles. The summed E-state index contributed by atoms with van der Waals surface area (Å²) < 4.78 is 7.21. The van der Waals surface area contributed by atoms with Gasteiger partial charge in [0, 0.05) is 10.0 Å². The molecule has 0 radical (unpaired) electrons. The maximum absolute atomic E-state index is 13.3. The highest BCUT2D eigenvalue weighted by Gasteiger charge is 2.48. The molecule has 1 N–H and O–H groups in total. The number of anilines is 1. The monoisotopic (exact) mass is 534 g/mol. The molecule has 1 amide bonds. The zero-order valence-corrected chi connectivity index (χ0v) is 20.5. The number of ether oxygens (including phenoxy) is 1. The highest BCUT2D eigenvalue weighted by atomic mass is 79.9. The number of aliphatic hydroxyl groups excluding tert-OH is 1. The van der Waals surface area contributed by atoms with Gasteiger partial charge in [-0.1, -0.05) is 69.7 Å². The third kappa shape index (κ3) is 3.89. The van der Waals surface area contributed by atoms with Gasteiger partial charge in [0.15, 0.2) is 5.13 Å². The fourth-order valence-corrected chi connectivity index (χ4v) is 5.46. The van der Waals surface area contributed by atoms with Crippen molar-refractivity contribution in [2.45, 2.75) is 13.0 Å². The van der Waals surface area contributed by atoms with E-state index in [1.807, 2.05) is 55.5 Å². The van der Waals surface area contributed by atoms with Gasteiger partial charge in [0.25, 0.3) is 5.78 Å². The van der Waals surface area contributed by atoms with Crippen molar-refractivity contribution in [2.75, 3.05) is 11.5 Å². The molecule has 1 unspecified atom stereocenters. The summed E-state index contributed by atoms with van der Waals surface area (Å²) in [4.78, 5) is 32.6. The van der Waals surface area contributed by atoms with Crippen LogP contribution in [0.4, 0.5) is 5.13 Å². The zero-order chi connectivity index (χ0) is 23.8. The van der Waals surface area contributed by atoms with Gasteiger partial charge in [-0.3, -0.25) is 14.5 Å². The lowest BCUT2D eigenvalue weighted by Gasteiger charge is -2.23. The first-order valence-corrected chi connectivity index (χ1v) is 12.2. The number of thiazole rings is 1. The van der Waals surface area contributed by atoms with Gasteiger partial charge < -0.3 is 9.84 Å². The number of halogens is 1. The standard InChI is InChI=1S/C26H19BrN2O4S/c1-2-33-18-11-12-19-20(14-18)34-26(28-19)29-22(16-9-6-10-17(27)13-16)21(24(31)25(29)32)23(30)15-7-4-3-5-8-15/h3-14,22,30H,2H2,1H3/b23-21+. The molecule has 1 fully saturated rings. The number of rotatable bonds is 5. The third-order valence-corrected chi connectivity index (χ3v) is 7.03. The van der Waals surface area contributed by atoms with Gasteiger partial charge in [-0.2, -0.15) is 0 Å². The number of carbonyl (C=O) groups excluding carboxylic acids is 2. The lowest BCUT2D eigenvalue weighted by molar-refractivity contribution is -0.132. The Morgan fingerprint density at radius 1 is 1.09 bits per heavy atom. The van der Waals surface area contributed by atoms with Crippen molar-refractivity contribution < 1.29 is 19.4 Å². The molecule has 1 aliphatic rings. The van der Waals surface area contributed by atoms with E-state index in [0.29, 0.717) is 34.1 Å². The molecule has 8 heteroatoms. The Morgan fingerprint density at radius 2 is 1.88 bits per heavy atom.